The van der Waals surface area contributed by atoms with Crippen LogP contribution >= 0.6 is 0 Å². The van der Waals surface area contributed by atoms with Gasteiger partial charge in [0.1, 0.15) is 5.75 Å². The molecule has 0 aromatic heterocycles. The average molecular weight is 359 g/mol. The molecule has 0 amide bonds. The van der Waals surface area contributed by atoms with Crippen LogP contribution in [0.4, 0.5) is 0 Å². The van der Waals surface area contributed by atoms with E-state index in [9.17, 15) is 5.11 Å². The maximum Gasteiger partial charge on any atom is 0.164 e. The number of hydrogen-bond acceptors (Lipinski definition) is 3. The van der Waals surface area contributed by atoms with Gasteiger partial charge in [-0.3, -0.25) is 0 Å². The zero-order valence-electron chi connectivity index (χ0n) is 17.2. The molecule has 0 unspecified atom stereocenters. The summed E-state index contributed by atoms with van der Waals surface area (Å²) in [6.45, 7) is 9.27. The van der Waals surface area contributed by atoms with E-state index in [0.29, 0.717) is 23.3 Å². The van der Waals surface area contributed by atoms with Crippen molar-refractivity contribution >= 4 is 0 Å². The Kier molecular flexibility index (Phi) is 6.80. The molecule has 2 atom stereocenters. The van der Waals surface area contributed by atoms with Crippen molar-refractivity contribution in [2.75, 3.05) is 14.2 Å². The van der Waals surface area contributed by atoms with Crippen LogP contribution in [-0.4, -0.2) is 19.3 Å². The van der Waals surface area contributed by atoms with Crippen LogP contribution in [-0.2, 0) is 6.42 Å². The molecular weight excluding hydrogens is 324 g/mol. The summed E-state index contributed by atoms with van der Waals surface area (Å²) in [5, 5.41) is 10.3. The lowest BCUT2D eigenvalue weighted by Gasteiger charge is -2.40. The third-order valence-corrected chi connectivity index (χ3v) is 6.33. The SMILES string of the molecule is COc1cc(C/C=C(\C)CC[C@@]2(C)C(C)=CCC[C@H]2C)c(O)c(OC)c1. The maximum atomic E-state index is 10.3. The Bertz CT molecular complexity index is 687. The van der Waals surface area contributed by atoms with Gasteiger partial charge < -0.3 is 14.6 Å². The lowest BCUT2D eigenvalue weighted by Crippen LogP contribution is -2.29. The highest BCUT2D eigenvalue weighted by Crippen LogP contribution is 2.45. The molecule has 0 spiro atoms. The molecule has 0 fully saturated rings. The summed E-state index contributed by atoms with van der Waals surface area (Å²) >= 11 is 0. The molecule has 0 saturated heterocycles. The fourth-order valence-corrected chi connectivity index (χ4v) is 3.84. The first-order valence-electron chi connectivity index (χ1n) is 9.58. The number of rotatable bonds is 7. The van der Waals surface area contributed by atoms with E-state index in [4.69, 9.17) is 9.47 Å². The third-order valence-electron chi connectivity index (χ3n) is 6.33. The molecule has 1 aliphatic carbocycles. The number of phenolic OH excluding ortho intramolecular Hbond substituents is 1. The van der Waals surface area contributed by atoms with Gasteiger partial charge in [-0.05, 0) is 63.4 Å². The number of methoxy groups -OCH3 is 2. The second-order valence-corrected chi connectivity index (χ2v) is 7.87. The van der Waals surface area contributed by atoms with E-state index in [1.54, 1.807) is 25.9 Å². The maximum absolute atomic E-state index is 10.3. The monoisotopic (exact) mass is 358 g/mol. The van der Waals surface area contributed by atoms with E-state index in [0.717, 1.165) is 17.9 Å². The van der Waals surface area contributed by atoms with Crippen LogP contribution in [0.2, 0.25) is 0 Å². The number of benzene rings is 1. The zero-order chi connectivity index (χ0) is 19.3. The van der Waals surface area contributed by atoms with Gasteiger partial charge in [0, 0.05) is 11.6 Å². The largest absolute Gasteiger partial charge is 0.504 e. The lowest BCUT2D eigenvalue weighted by molar-refractivity contribution is 0.211. The van der Waals surface area contributed by atoms with E-state index in [1.165, 1.54) is 24.8 Å². The molecule has 26 heavy (non-hydrogen) atoms. The van der Waals surface area contributed by atoms with Crippen LogP contribution < -0.4 is 9.47 Å². The van der Waals surface area contributed by atoms with Crippen LogP contribution in [0.15, 0.2) is 35.4 Å². The molecule has 1 aliphatic rings. The standard InChI is InChI=1S/C23H34O3/c1-16(12-13-23(4)17(2)8-7-9-18(23)3)10-11-19-14-20(25-5)15-21(26-6)22(19)24/h8,10,14-15,18,24H,7,9,11-13H2,1-6H3/b16-10+/t18-,23+/m1/s1. The molecule has 1 aromatic carbocycles. The lowest BCUT2D eigenvalue weighted by atomic mass is 9.65. The minimum absolute atomic E-state index is 0.198. The van der Waals surface area contributed by atoms with E-state index in [2.05, 4.69) is 39.8 Å². The first-order valence-corrected chi connectivity index (χ1v) is 9.58. The van der Waals surface area contributed by atoms with E-state index >= 15 is 0 Å². The van der Waals surface area contributed by atoms with Crippen molar-refractivity contribution in [1.29, 1.82) is 0 Å². The number of allylic oxidation sites excluding steroid dienone is 4. The molecule has 0 heterocycles. The fraction of sp³-hybridized carbons (Fsp3) is 0.565. The van der Waals surface area contributed by atoms with Crippen LogP contribution in [0.1, 0.15) is 58.9 Å². The number of phenols is 1. The summed E-state index contributed by atoms with van der Waals surface area (Å²) in [6, 6.07) is 3.58. The van der Waals surface area contributed by atoms with Crippen LogP contribution in [0.5, 0.6) is 17.2 Å². The predicted molar refractivity (Wildman–Crippen MR) is 108 cm³/mol. The average Bonchev–Trinajstić information content (AvgIpc) is 2.63. The van der Waals surface area contributed by atoms with Crippen molar-refractivity contribution in [2.24, 2.45) is 11.3 Å². The minimum Gasteiger partial charge on any atom is -0.504 e. The highest BCUT2D eigenvalue weighted by Gasteiger charge is 2.34. The summed E-state index contributed by atoms with van der Waals surface area (Å²) in [4.78, 5) is 0. The second kappa shape index (κ2) is 8.66. The quantitative estimate of drug-likeness (QED) is 0.602. The van der Waals surface area contributed by atoms with Gasteiger partial charge in [0.25, 0.3) is 0 Å². The summed E-state index contributed by atoms with van der Waals surface area (Å²) < 4.78 is 10.5. The van der Waals surface area contributed by atoms with Crippen LogP contribution in [0.3, 0.4) is 0 Å². The smallest absolute Gasteiger partial charge is 0.164 e. The van der Waals surface area contributed by atoms with Gasteiger partial charge in [-0.25, -0.2) is 0 Å². The Balaban J connectivity index is 2.07. The molecule has 0 saturated carbocycles. The fourth-order valence-electron chi connectivity index (χ4n) is 3.84. The Hall–Kier alpha value is -1.90. The highest BCUT2D eigenvalue weighted by atomic mass is 16.5. The Labute approximate surface area is 158 Å². The van der Waals surface area contributed by atoms with E-state index in [1.807, 2.05) is 6.07 Å². The molecule has 1 aromatic rings. The van der Waals surface area contributed by atoms with Gasteiger partial charge in [0.15, 0.2) is 11.5 Å². The van der Waals surface area contributed by atoms with E-state index < -0.39 is 0 Å². The molecule has 1 N–H and O–H groups in total. The highest BCUT2D eigenvalue weighted by molar-refractivity contribution is 5.51. The molecule has 0 aliphatic heterocycles. The number of ether oxygens (including phenoxy) is 2. The molecule has 3 nitrogen and oxygen atoms in total. The van der Waals surface area contributed by atoms with Crippen LogP contribution in [0.25, 0.3) is 0 Å². The predicted octanol–water partition coefficient (Wildman–Crippen LogP) is 6.06. The zero-order valence-corrected chi connectivity index (χ0v) is 17.2. The van der Waals surface area contributed by atoms with Gasteiger partial charge in [-0.2, -0.15) is 0 Å². The normalized spacial score (nSPS) is 23.5. The topological polar surface area (TPSA) is 38.7 Å². The van der Waals surface area contributed by atoms with Gasteiger partial charge in [-0.1, -0.05) is 37.1 Å². The van der Waals surface area contributed by atoms with Gasteiger partial charge in [-0.15, -0.1) is 0 Å². The molecule has 3 heteroatoms. The summed E-state index contributed by atoms with van der Waals surface area (Å²) in [7, 11) is 3.18. The van der Waals surface area contributed by atoms with Crippen molar-refractivity contribution in [2.45, 2.75) is 59.8 Å². The number of hydrogen-bond donors (Lipinski definition) is 1. The molecular formula is C23H34O3. The summed E-state index contributed by atoms with van der Waals surface area (Å²) in [5.74, 6) is 2.08. The summed E-state index contributed by atoms with van der Waals surface area (Å²) in [6.07, 6.45) is 10.1. The molecule has 2 rings (SSSR count). The van der Waals surface area contributed by atoms with Crippen LogP contribution in [0, 0.1) is 11.3 Å². The van der Waals surface area contributed by atoms with Crippen molar-refractivity contribution in [1.82, 2.24) is 0 Å². The van der Waals surface area contributed by atoms with Gasteiger partial charge >= 0.3 is 0 Å². The van der Waals surface area contributed by atoms with Gasteiger partial charge in [0.05, 0.1) is 14.2 Å². The minimum atomic E-state index is 0.198. The number of aromatic hydroxyl groups is 1. The third kappa shape index (κ3) is 4.44. The second-order valence-electron chi connectivity index (χ2n) is 7.87. The summed E-state index contributed by atoms with van der Waals surface area (Å²) in [5.41, 5.74) is 4.03. The first-order chi connectivity index (χ1) is 12.3. The van der Waals surface area contributed by atoms with Gasteiger partial charge in [0.2, 0.25) is 0 Å². The van der Waals surface area contributed by atoms with Crippen molar-refractivity contribution in [3.05, 3.63) is 41.0 Å². The molecule has 144 valence electrons. The van der Waals surface area contributed by atoms with Crippen molar-refractivity contribution in [3.63, 3.8) is 0 Å². The Morgan fingerprint density at radius 1 is 1.31 bits per heavy atom. The van der Waals surface area contributed by atoms with Crippen molar-refractivity contribution < 1.29 is 14.6 Å². The Morgan fingerprint density at radius 3 is 2.65 bits per heavy atom. The molecule has 0 radical (unpaired) electrons. The van der Waals surface area contributed by atoms with E-state index in [-0.39, 0.29) is 5.75 Å². The van der Waals surface area contributed by atoms with Crippen molar-refractivity contribution in [3.8, 4) is 17.2 Å². The first kappa shape index (κ1) is 20.4. The molecule has 0 bridgehead atoms. The Morgan fingerprint density at radius 2 is 2.04 bits per heavy atom.